The molecule has 0 aromatic heterocycles. The molecule has 0 radical (unpaired) electrons. The first kappa shape index (κ1) is 55.8. The van der Waals surface area contributed by atoms with Crippen LogP contribution in [-0.4, -0.2) is 129 Å². The fourth-order valence-corrected chi connectivity index (χ4v) is 6.59. The van der Waals surface area contributed by atoms with Crippen LogP contribution in [0.2, 0.25) is 0 Å². The number of carbonyl (C=O) groups excluding carboxylic acids is 4. The summed E-state index contributed by atoms with van der Waals surface area (Å²) in [6.45, 7) is 20.2. The van der Waals surface area contributed by atoms with Crippen LogP contribution < -0.4 is 11.1 Å². The van der Waals surface area contributed by atoms with E-state index in [9.17, 15) is 19.2 Å². The van der Waals surface area contributed by atoms with Gasteiger partial charge in [0.15, 0.2) is 0 Å². The predicted octanol–water partition coefficient (Wildman–Crippen LogP) is 5.77. The first-order valence-electron chi connectivity index (χ1n) is 20.1. The molecule has 0 spiro atoms. The molecule has 7 atom stereocenters. The van der Waals surface area contributed by atoms with Crippen molar-refractivity contribution in [1.82, 2.24) is 20.0 Å². The number of carbonyl (C=O) groups is 5. The molecule has 4 N–H and O–H groups in total. The summed E-state index contributed by atoms with van der Waals surface area (Å²) in [5, 5.41) is 11.6. The molecular formula is C42H79N5O8. The van der Waals surface area contributed by atoms with E-state index in [2.05, 4.69) is 64.7 Å². The molecule has 2 fully saturated rings. The van der Waals surface area contributed by atoms with Crippen LogP contribution in [0.1, 0.15) is 112 Å². The topological polar surface area (TPSA) is 172 Å². The van der Waals surface area contributed by atoms with Crippen molar-refractivity contribution in [2.45, 2.75) is 144 Å². The maximum atomic E-state index is 12.6. The third-order valence-corrected chi connectivity index (χ3v) is 9.52. The molecule has 320 valence electrons. The average molecular weight is 782 g/mol. The third-order valence-electron chi connectivity index (χ3n) is 9.52. The lowest BCUT2D eigenvalue weighted by atomic mass is 9.91. The number of aliphatic carboxylic acids is 1. The highest BCUT2D eigenvalue weighted by Gasteiger charge is 2.35. The quantitative estimate of drug-likeness (QED) is 0.187. The number of nitrogens with zero attached hydrogens (tertiary/aromatic N) is 3. The van der Waals surface area contributed by atoms with Gasteiger partial charge < -0.3 is 35.4 Å². The maximum absolute atomic E-state index is 12.6. The minimum absolute atomic E-state index is 0.00515. The number of hydrogen-bond donors (Lipinski definition) is 3. The molecule has 2 heterocycles. The van der Waals surface area contributed by atoms with Crippen molar-refractivity contribution >= 4 is 30.6 Å². The van der Waals surface area contributed by atoms with Crippen molar-refractivity contribution in [3.63, 3.8) is 0 Å². The number of methoxy groups -OCH3 is 2. The molecule has 2 aliphatic rings. The molecule has 0 aliphatic carbocycles. The zero-order chi connectivity index (χ0) is 42.9. The highest BCUT2D eigenvalue weighted by molar-refractivity contribution is 5.87. The molecule has 2 saturated heterocycles. The van der Waals surface area contributed by atoms with Crippen LogP contribution in [0.25, 0.3) is 0 Å². The Balaban J connectivity index is -0.000000742. The molecule has 0 bridgehead atoms. The number of nitrogens with one attached hydrogen (secondary N) is 1. The first-order valence-corrected chi connectivity index (χ1v) is 20.1. The summed E-state index contributed by atoms with van der Waals surface area (Å²) in [6.07, 6.45) is 7.79. The van der Waals surface area contributed by atoms with E-state index >= 15 is 0 Å². The van der Waals surface area contributed by atoms with Crippen molar-refractivity contribution in [3.8, 4) is 0 Å². The summed E-state index contributed by atoms with van der Waals surface area (Å²) in [5.74, 6) is -0.695. The number of aryl methyl sites for hydroxylation is 1. The van der Waals surface area contributed by atoms with Gasteiger partial charge in [0.25, 0.3) is 0 Å². The molecule has 13 nitrogen and oxygen atoms in total. The number of hydrogen-bond acceptors (Lipinski definition) is 8. The van der Waals surface area contributed by atoms with Gasteiger partial charge in [0, 0.05) is 27.8 Å². The Bertz CT molecular complexity index is 1120. The van der Waals surface area contributed by atoms with Gasteiger partial charge in [-0.15, -0.1) is 0 Å². The lowest BCUT2D eigenvalue weighted by Gasteiger charge is -2.37. The van der Waals surface area contributed by atoms with Crippen molar-refractivity contribution in [3.05, 3.63) is 35.9 Å². The Kier molecular flexibility index (Phi) is 35.4. The Morgan fingerprint density at radius 2 is 1.51 bits per heavy atom. The average Bonchev–Trinajstić information content (AvgIpc) is 3.83. The molecule has 1 aromatic rings. The Hall–Kier alpha value is -3.55. The van der Waals surface area contributed by atoms with Gasteiger partial charge in [-0.3, -0.25) is 28.9 Å². The van der Waals surface area contributed by atoms with Crippen LogP contribution >= 0.6 is 0 Å². The summed E-state index contributed by atoms with van der Waals surface area (Å²) >= 11 is 0. The van der Waals surface area contributed by atoms with Crippen LogP contribution in [0, 0.1) is 18.8 Å². The van der Waals surface area contributed by atoms with Crippen molar-refractivity contribution < 1.29 is 38.6 Å². The molecule has 1 aromatic carbocycles. The number of amides is 4. The molecular weight excluding hydrogens is 702 g/mol. The van der Waals surface area contributed by atoms with Crippen molar-refractivity contribution in [2.75, 3.05) is 47.9 Å². The third kappa shape index (κ3) is 23.2. The fourth-order valence-electron chi connectivity index (χ4n) is 6.59. The number of likely N-dealkylation sites (N-methyl/N-ethyl adjacent to an activating group) is 2. The van der Waals surface area contributed by atoms with Crippen LogP contribution in [0.4, 0.5) is 0 Å². The van der Waals surface area contributed by atoms with Gasteiger partial charge >= 0.3 is 5.97 Å². The minimum Gasteiger partial charge on any atom is -0.481 e. The van der Waals surface area contributed by atoms with Gasteiger partial charge in [0.1, 0.15) is 0 Å². The fraction of sp³-hybridized carbons (Fsp3) is 0.738. The molecule has 2 aliphatic heterocycles. The van der Waals surface area contributed by atoms with E-state index in [0.717, 1.165) is 58.0 Å². The van der Waals surface area contributed by atoms with Crippen molar-refractivity contribution in [2.24, 2.45) is 17.6 Å². The van der Waals surface area contributed by atoms with Gasteiger partial charge in [0.05, 0.1) is 43.3 Å². The second-order valence-corrected chi connectivity index (χ2v) is 13.7. The monoisotopic (exact) mass is 782 g/mol. The summed E-state index contributed by atoms with van der Waals surface area (Å²) in [7, 11) is 7.03. The number of benzene rings is 1. The Labute approximate surface area is 334 Å². The first-order chi connectivity index (χ1) is 26.2. The normalized spacial score (nSPS) is 18.4. The number of ether oxygens (including phenoxy) is 2. The summed E-state index contributed by atoms with van der Waals surface area (Å²) in [6, 6.07) is 10.2. The van der Waals surface area contributed by atoms with Gasteiger partial charge in [-0.1, -0.05) is 104 Å². The lowest BCUT2D eigenvalue weighted by molar-refractivity contribution is -0.140. The van der Waals surface area contributed by atoms with Gasteiger partial charge in [-0.2, -0.15) is 0 Å². The minimum atomic E-state index is -0.829. The van der Waals surface area contributed by atoms with Crippen molar-refractivity contribution in [1.29, 1.82) is 0 Å². The Morgan fingerprint density at radius 3 is 1.89 bits per heavy atom. The number of nitrogens with two attached hydrogens (primary N) is 1. The van der Waals surface area contributed by atoms with Crippen LogP contribution in [0.3, 0.4) is 0 Å². The highest BCUT2D eigenvalue weighted by atomic mass is 16.5. The van der Waals surface area contributed by atoms with Gasteiger partial charge in [-0.05, 0) is 64.5 Å². The van der Waals surface area contributed by atoms with Crippen LogP contribution in [0.15, 0.2) is 30.3 Å². The summed E-state index contributed by atoms with van der Waals surface area (Å²) in [4.78, 5) is 60.4. The number of primary amides is 1. The van der Waals surface area contributed by atoms with E-state index in [1.165, 1.54) is 12.0 Å². The van der Waals surface area contributed by atoms with E-state index < -0.39 is 5.97 Å². The van der Waals surface area contributed by atoms with Crippen LogP contribution in [-0.2, 0) is 33.4 Å². The second kappa shape index (κ2) is 34.9. The maximum Gasteiger partial charge on any atom is 0.303 e. The van der Waals surface area contributed by atoms with E-state index in [0.29, 0.717) is 5.92 Å². The highest BCUT2D eigenvalue weighted by Crippen LogP contribution is 2.26. The van der Waals surface area contributed by atoms with E-state index in [-0.39, 0.29) is 67.4 Å². The molecule has 4 amide bonds. The zero-order valence-electron chi connectivity index (χ0n) is 36.6. The number of carboxylic acids is 1. The standard InChI is InChI=1S/C18H35N3O3.C11H19NO4.C7H8.C3H8.C2H6.CH3NO/c1-7-13(3)17(15(8-2)24-6)21(5)16(22)12-19-18(23)14-10-9-11-20(14)4;1-8(6-10(14)15)11(16-2)9-4-3-5-12(9)7-13;1-7-5-3-2-4-6-7;1-3-2;1-2;2-1-3/h13-15,17H,7-12H2,1-6H3,(H,19,23);7-9,11H,3-6H2,1-2H3,(H,14,15);2-6H,1H3;3H2,1-2H3;1-2H3;1H,(H2,2,3). The molecule has 3 rings (SSSR count). The van der Waals surface area contributed by atoms with Gasteiger partial charge in [0.2, 0.25) is 24.6 Å². The second-order valence-electron chi connectivity index (χ2n) is 13.7. The summed E-state index contributed by atoms with van der Waals surface area (Å²) < 4.78 is 11.0. The number of likely N-dealkylation sites (tertiary alicyclic amines) is 2. The van der Waals surface area contributed by atoms with E-state index in [1.54, 1.807) is 24.0 Å². The lowest BCUT2D eigenvalue weighted by Crippen LogP contribution is -2.52. The molecule has 55 heavy (non-hydrogen) atoms. The van der Waals surface area contributed by atoms with Gasteiger partial charge in [-0.25, -0.2) is 0 Å². The molecule has 7 unspecified atom stereocenters. The van der Waals surface area contributed by atoms with E-state index in [4.69, 9.17) is 19.4 Å². The number of carboxylic acid groups (broad SMARTS) is 1. The molecule has 0 saturated carbocycles. The predicted molar refractivity (Wildman–Crippen MR) is 223 cm³/mol. The Morgan fingerprint density at radius 1 is 0.964 bits per heavy atom. The zero-order valence-corrected chi connectivity index (χ0v) is 36.6. The van der Waals surface area contributed by atoms with Crippen LogP contribution in [0.5, 0.6) is 0 Å². The molecule has 13 heteroatoms. The van der Waals surface area contributed by atoms with E-state index in [1.807, 2.05) is 58.0 Å². The SMILES string of the molecule is CC.CCC.CCC(C)C(C(CC)OC)N(C)C(=O)CNC(=O)C1CCCN1C.COC(C(C)CC(=O)O)C1CCCN1C=O.Cc1ccccc1.NC=O. The smallest absolute Gasteiger partial charge is 0.303 e. The summed E-state index contributed by atoms with van der Waals surface area (Å²) in [5.41, 5.74) is 5.49. The largest absolute Gasteiger partial charge is 0.481 e. The number of rotatable bonds is 15.